The van der Waals surface area contributed by atoms with Gasteiger partial charge in [0.2, 0.25) is 0 Å². The Morgan fingerprint density at radius 1 is 0.848 bits per heavy atom. The highest BCUT2D eigenvalue weighted by molar-refractivity contribution is 9.10. The fraction of sp³-hybridized carbons (Fsp3) is 0. The highest BCUT2D eigenvalue weighted by atomic mass is 79.9. The van der Waals surface area contributed by atoms with E-state index in [1.165, 1.54) is 10.9 Å². The van der Waals surface area contributed by atoms with Gasteiger partial charge in [0.15, 0.2) is 11.3 Å². The maximum absolute atomic E-state index is 13.6. The van der Waals surface area contributed by atoms with Crippen LogP contribution in [-0.2, 0) is 0 Å². The lowest BCUT2D eigenvalue weighted by Gasteiger charge is -2.04. The molecule has 0 bridgehead atoms. The van der Waals surface area contributed by atoms with Crippen molar-refractivity contribution in [3.63, 3.8) is 0 Å². The van der Waals surface area contributed by atoms with Crippen LogP contribution < -0.4 is 5.56 Å². The molecule has 0 saturated carbocycles. The molecule has 0 radical (unpaired) electrons. The summed E-state index contributed by atoms with van der Waals surface area (Å²) in [5.74, 6) is 0. The predicted molar refractivity (Wildman–Crippen MR) is 133 cm³/mol. The molecule has 6 aromatic rings. The maximum atomic E-state index is 13.6. The lowest BCUT2D eigenvalue weighted by atomic mass is 10.2. The van der Waals surface area contributed by atoms with Crippen molar-refractivity contribution in [2.75, 3.05) is 0 Å². The number of hydrogen-bond acceptors (Lipinski definition) is 5. The molecule has 0 unspecified atom stereocenters. The first-order valence-electron chi connectivity index (χ1n) is 10.2. The molecule has 158 valence electrons. The third-order valence-electron chi connectivity index (χ3n) is 5.35. The van der Waals surface area contributed by atoms with Crippen molar-refractivity contribution < 1.29 is 0 Å². The molecule has 0 spiro atoms. The minimum Gasteiger partial charge on any atom is -0.268 e. The van der Waals surface area contributed by atoms with Crippen LogP contribution in [0.3, 0.4) is 0 Å². The molecule has 3 heterocycles. The molecule has 0 aliphatic heterocycles. The minimum absolute atomic E-state index is 0.225. The van der Waals surface area contributed by atoms with Gasteiger partial charge in [0.1, 0.15) is 17.2 Å². The number of fused-ring (bicyclic) bond motifs is 4. The van der Waals surface area contributed by atoms with Gasteiger partial charge in [-0.1, -0.05) is 58.4 Å². The first kappa shape index (κ1) is 19.5. The lowest BCUT2D eigenvalue weighted by Crippen LogP contribution is -2.18. The molecular weight excluding hydrogens is 480 g/mol. The molecule has 0 aliphatic carbocycles. The fourth-order valence-corrected chi connectivity index (χ4v) is 4.23. The van der Waals surface area contributed by atoms with Gasteiger partial charge in [0, 0.05) is 4.47 Å². The summed E-state index contributed by atoms with van der Waals surface area (Å²) in [4.78, 5) is 27.7. The van der Waals surface area contributed by atoms with Crippen LogP contribution in [0.5, 0.6) is 0 Å². The molecule has 6 rings (SSSR count). The second kappa shape index (κ2) is 7.75. The first-order chi connectivity index (χ1) is 16.2. The summed E-state index contributed by atoms with van der Waals surface area (Å²) in [6.07, 6.45) is 3.23. The zero-order valence-electron chi connectivity index (χ0n) is 17.1. The topological polar surface area (TPSA) is 78.0 Å². The summed E-state index contributed by atoms with van der Waals surface area (Å²) in [7, 11) is 0. The average Bonchev–Trinajstić information content (AvgIpc) is 3.15. The van der Waals surface area contributed by atoms with Gasteiger partial charge in [-0.05, 0) is 42.0 Å². The van der Waals surface area contributed by atoms with Crippen molar-refractivity contribution in [2.24, 2.45) is 5.10 Å². The fourth-order valence-electron chi connectivity index (χ4n) is 3.81. The first-order valence-corrected chi connectivity index (χ1v) is 11.0. The van der Waals surface area contributed by atoms with Crippen molar-refractivity contribution in [2.45, 2.75) is 0 Å². The number of aromatic nitrogens is 5. The largest absolute Gasteiger partial charge is 0.269 e. The van der Waals surface area contributed by atoms with E-state index < -0.39 is 0 Å². The van der Waals surface area contributed by atoms with E-state index in [1.807, 2.05) is 78.9 Å². The van der Waals surface area contributed by atoms with E-state index in [1.54, 1.807) is 10.9 Å². The van der Waals surface area contributed by atoms with E-state index in [2.05, 4.69) is 26.0 Å². The van der Waals surface area contributed by atoms with E-state index in [9.17, 15) is 4.79 Å². The average molecular weight is 495 g/mol. The van der Waals surface area contributed by atoms with Crippen LogP contribution in [0.4, 0.5) is 0 Å². The molecular formula is C25H15BrN6O. The number of benzene rings is 3. The second-order valence-corrected chi connectivity index (χ2v) is 8.37. The lowest BCUT2D eigenvalue weighted by molar-refractivity contribution is 0.906. The number of halogens is 1. The van der Waals surface area contributed by atoms with Gasteiger partial charge in [-0.25, -0.2) is 15.0 Å². The molecule has 7 nitrogen and oxygen atoms in total. The molecule has 33 heavy (non-hydrogen) atoms. The third-order valence-corrected chi connectivity index (χ3v) is 5.84. The normalized spacial score (nSPS) is 11.8. The van der Waals surface area contributed by atoms with Crippen LogP contribution in [0.15, 0.2) is 99.6 Å². The number of nitrogens with zero attached hydrogens (tertiary/aromatic N) is 6. The van der Waals surface area contributed by atoms with Gasteiger partial charge in [0.05, 0.1) is 22.9 Å². The smallest absolute Gasteiger partial charge is 0.268 e. The highest BCUT2D eigenvalue weighted by Gasteiger charge is 2.20. The molecule has 3 aromatic carbocycles. The van der Waals surface area contributed by atoms with Crippen molar-refractivity contribution in [3.8, 4) is 5.69 Å². The van der Waals surface area contributed by atoms with Gasteiger partial charge in [-0.15, -0.1) is 0 Å². The van der Waals surface area contributed by atoms with Crippen molar-refractivity contribution >= 4 is 55.4 Å². The number of rotatable bonds is 3. The van der Waals surface area contributed by atoms with Gasteiger partial charge in [-0.2, -0.15) is 9.78 Å². The maximum Gasteiger partial charge on any atom is 0.269 e. The van der Waals surface area contributed by atoms with E-state index in [0.717, 1.165) is 21.2 Å². The monoisotopic (exact) mass is 494 g/mol. The van der Waals surface area contributed by atoms with Crippen LogP contribution in [0.2, 0.25) is 0 Å². The summed E-state index contributed by atoms with van der Waals surface area (Å²) in [6, 6.07) is 24.7. The Hall–Kier alpha value is -4.17. The van der Waals surface area contributed by atoms with E-state index in [0.29, 0.717) is 27.7 Å². The Labute approximate surface area is 195 Å². The van der Waals surface area contributed by atoms with Crippen LogP contribution >= 0.6 is 15.9 Å². The zero-order chi connectivity index (χ0) is 22.4. The minimum atomic E-state index is -0.225. The number of para-hydroxylation sites is 3. The quantitative estimate of drug-likeness (QED) is 0.327. The van der Waals surface area contributed by atoms with Gasteiger partial charge in [0.25, 0.3) is 5.56 Å². The summed E-state index contributed by atoms with van der Waals surface area (Å²) >= 11 is 3.48. The van der Waals surface area contributed by atoms with Crippen molar-refractivity contribution in [1.29, 1.82) is 0 Å². The van der Waals surface area contributed by atoms with E-state index in [-0.39, 0.29) is 5.56 Å². The Morgan fingerprint density at radius 3 is 2.39 bits per heavy atom. The molecule has 0 N–H and O–H groups in total. The summed E-state index contributed by atoms with van der Waals surface area (Å²) in [6.45, 7) is 0. The Morgan fingerprint density at radius 2 is 1.61 bits per heavy atom. The van der Waals surface area contributed by atoms with Crippen LogP contribution in [0, 0.1) is 0 Å². The second-order valence-electron chi connectivity index (χ2n) is 7.45. The van der Waals surface area contributed by atoms with Crippen molar-refractivity contribution in [1.82, 2.24) is 24.2 Å². The van der Waals surface area contributed by atoms with Crippen LogP contribution in [-0.4, -0.2) is 30.4 Å². The summed E-state index contributed by atoms with van der Waals surface area (Å²) in [5.41, 5.74) is 4.17. The van der Waals surface area contributed by atoms with E-state index in [4.69, 9.17) is 9.97 Å². The molecule has 0 saturated heterocycles. The zero-order valence-corrected chi connectivity index (χ0v) is 18.7. The molecule has 0 fully saturated rings. The molecule has 0 amide bonds. The van der Waals surface area contributed by atoms with Gasteiger partial charge >= 0.3 is 0 Å². The summed E-state index contributed by atoms with van der Waals surface area (Å²) in [5, 5.41) is 5.02. The van der Waals surface area contributed by atoms with Gasteiger partial charge in [-0.3, -0.25) is 9.36 Å². The standard InChI is InChI=1S/C25H15BrN6O/c26-17-8-6-7-16(13-17)14-28-32-23-21(22-24(32)30-20-12-5-4-11-19(20)29-22)25(33)31(15-27-23)18-9-2-1-3-10-18/h1-15H. The van der Waals surface area contributed by atoms with Crippen LogP contribution in [0.25, 0.3) is 38.9 Å². The molecule has 0 aliphatic rings. The SMILES string of the molecule is O=c1c2c3nc4ccccc4nc3n(N=Cc3cccc(Br)c3)c2ncn1-c1ccccc1. The Kier molecular flexibility index (Phi) is 4.58. The summed E-state index contributed by atoms with van der Waals surface area (Å²) < 4.78 is 4.05. The Balaban J connectivity index is 1.68. The van der Waals surface area contributed by atoms with Crippen LogP contribution in [0.1, 0.15) is 5.56 Å². The molecule has 8 heteroatoms. The Bertz CT molecular complexity index is 1750. The molecule has 0 atom stereocenters. The molecule has 3 aromatic heterocycles. The van der Waals surface area contributed by atoms with Crippen molar-refractivity contribution in [3.05, 3.63) is 106 Å². The number of hydrogen-bond donors (Lipinski definition) is 0. The third kappa shape index (κ3) is 3.32. The van der Waals surface area contributed by atoms with Gasteiger partial charge < -0.3 is 0 Å². The highest BCUT2D eigenvalue weighted by Crippen LogP contribution is 2.25. The van der Waals surface area contributed by atoms with E-state index >= 15 is 0 Å². The predicted octanol–water partition coefficient (Wildman–Crippen LogP) is 4.93.